The summed E-state index contributed by atoms with van der Waals surface area (Å²) in [6.07, 6.45) is 6.15. The van der Waals surface area contributed by atoms with Crippen LogP contribution in [0.3, 0.4) is 0 Å². The number of H-pyrrole nitrogens is 1. The fraction of sp³-hybridized carbons (Fsp3) is 0.333. The zero-order chi connectivity index (χ0) is 16.2. The summed E-state index contributed by atoms with van der Waals surface area (Å²) in [7, 11) is 0. The molecule has 0 atom stereocenters. The van der Waals surface area contributed by atoms with Gasteiger partial charge in [-0.25, -0.2) is 15.0 Å². The van der Waals surface area contributed by atoms with Crippen LogP contribution in [0.2, 0.25) is 0 Å². The summed E-state index contributed by atoms with van der Waals surface area (Å²) in [5, 5.41) is 7.75. The van der Waals surface area contributed by atoms with Crippen LogP contribution in [0.4, 0.5) is 5.95 Å². The minimum Gasteiger partial charge on any atom is -0.341 e. The van der Waals surface area contributed by atoms with Crippen molar-refractivity contribution in [3.63, 3.8) is 0 Å². The molecule has 122 valence electrons. The molecule has 0 saturated carbocycles. The molecule has 1 aromatic carbocycles. The number of aromatic nitrogens is 5. The number of hydrogen-bond acceptors (Lipinski definition) is 5. The van der Waals surface area contributed by atoms with Crippen LogP contribution in [0.5, 0.6) is 0 Å². The molecule has 0 amide bonds. The third-order valence-corrected chi connectivity index (χ3v) is 4.56. The maximum absolute atomic E-state index is 4.55. The molecular weight excluding hydrogens is 300 g/mol. The van der Waals surface area contributed by atoms with Crippen LogP contribution in [-0.4, -0.2) is 38.2 Å². The number of nitrogens with zero attached hydrogens (tertiary/aromatic N) is 5. The second kappa shape index (κ2) is 6.78. The lowest BCUT2D eigenvalue weighted by atomic mass is 9.93. The fourth-order valence-electron chi connectivity index (χ4n) is 3.27. The maximum Gasteiger partial charge on any atom is 0.228 e. The summed E-state index contributed by atoms with van der Waals surface area (Å²) in [6, 6.07) is 12.7. The van der Waals surface area contributed by atoms with E-state index >= 15 is 0 Å². The molecule has 1 aliphatic heterocycles. The van der Waals surface area contributed by atoms with Gasteiger partial charge in [0.15, 0.2) is 0 Å². The van der Waals surface area contributed by atoms with E-state index in [1.54, 1.807) is 12.7 Å². The van der Waals surface area contributed by atoms with Crippen molar-refractivity contribution < 1.29 is 0 Å². The van der Waals surface area contributed by atoms with Crippen LogP contribution in [0.1, 0.15) is 35.7 Å². The van der Waals surface area contributed by atoms with E-state index in [4.69, 9.17) is 0 Å². The Morgan fingerprint density at radius 1 is 1.04 bits per heavy atom. The number of anilines is 1. The SMILES string of the molecule is c1ccc(Cc2cc(C3CCN(c4ncncn4)CC3)n[nH]2)cc1. The Kier molecular flexibility index (Phi) is 4.18. The molecule has 4 rings (SSSR count). The summed E-state index contributed by atoms with van der Waals surface area (Å²) < 4.78 is 0. The second-order valence-corrected chi connectivity index (χ2v) is 6.18. The molecule has 0 aliphatic carbocycles. The van der Waals surface area contributed by atoms with Gasteiger partial charge in [-0.1, -0.05) is 30.3 Å². The molecular formula is C18H20N6. The Balaban J connectivity index is 1.38. The Morgan fingerprint density at radius 3 is 2.54 bits per heavy atom. The van der Waals surface area contributed by atoms with Crippen LogP contribution in [0.15, 0.2) is 49.1 Å². The molecule has 0 bridgehead atoms. The monoisotopic (exact) mass is 320 g/mol. The third-order valence-electron chi connectivity index (χ3n) is 4.56. The molecule has 1 N–H and O–H groups in total. The van der Waals surface area contributed by atoms with Gasteiger partial charge in [0, 0.05) is 31.1 Å². The van der Waals surface area contributed by atoms with Crippen LogP contribution < -0.4 is 4.90 Å². The largest absolute Gasteiger partial charge is 0.341 e. The van der Waals surface area contributed by atoms with E-state index in [0.29, 0.717) is 5.92 Å². The highest BCUT2D eigenvalue weighted by Gasteiger charge is 2.23. The minimum absolute atomic E-state index is 0.504. The molecule has 3 aromatic rings. The van der Waals surface area contributed by atoms with Crippen molar-refractivity contribution >= 4 is 5.95 Å². The minimum atomic E-state index is 0.504. The number of rotatable bonds is 4. The zero-order valence-corrected chi connectivity index (χ0v) is 13.5. The van der Waals surface area contributed by atoms with E-state index in [0.717, 1.165) is 38.3 Å². The van der Waals surface area contributed by atoms with Gasteiger partial charge in [-0.15, -0.1) is 0 Å². The first-order valence-electron chi connectivity index (χ1n) is 8.33. The lowest BCUT2D eigenvalue weighted by molar-refractivity contribution is 0.489. The van der Waals surface area contributed by atoms with Crippen molar-refractivity contribution in [1.29, 1.82) is 0 Å². The highest BCUT2D eigenvalue weighted by molar-refractivity contribution is 5.30. The molecule has 0 unspecified atom stereocenters. The normalized spacial score (nSPS) is 15.6. The van der Waals surface area contributed by atoms with E-state index in [9.17, 15) is 0 Å². The van der Waals surface area contributed by atoms with Gasteiger partial charge < -0.3 is 4.90 Å². The van der Waals surface area contributed by atoms with Gasteiger partial charge in [-0.3, -0.25) is 5.10 Å². The first-order chi connectivity index (χ1) is 11.9. The van der Waals surface area contributed by atoms with Gasteiger partial charge in [0.2, 0.25) is 5.95 Å². The van der Waals surface area contributed by atoms with Gasteiger partial charge >= 0.3 is 0 Å². The summed E-state index contributed by atoms with van der Waals surface area (Å²) in [4.78, 5) is 14.6. The van der Waals surface area contributed by atoms with E-state index in [-0.39, 0.29) is 0 Å². The zero-order valence-electron chi connectivity index (χ0n) is 13.5. The van der Waals surface area contributed by atoms with Crippen LogP contribution >= 0.6 is 0 Å². The van der Waals surface area contributed by atoms with Crippen molar-refractivity contribution in [1.82, 2.24) is 25.1 Å². The van der Waals surface area contributed by atoms with Gasteiger partial charge in [0.1, 0.15) is 12.7 Å². The van der Waals surface area contributed by atoms with Gasteiger partial charge in [0.05, 0.1) is 5.69 Å². The number of aromatic amines is 1. The van der Waals surface area contributed by atoms with Gasteiger partial charge in [0.25, 0.3) is 0 Å². The number of benzene rings is 1. The number of piperidine rings is 1. The molecule has 6 heteroatoms. The van der Waals surface area contributed by atoms with Crippen LogP contribution in [0.25, 0.3) is 0 Å². The molecule has 6 nitrogen and oxygen atoms in total. The van der Waals surface area contributed by atoms with Gasteiger partial charge in [-0.2, -0.15) is 5.10 Å². The third kappa shape index (κ3) is 3.27. The van der Waals surface area contributed by atoms with Gasteiger partial charge in [-0.05, 0) is 24.5 Å². The predicted octanol–water partition coefficient (Wildman–Crippen LogP) is 2.57. The van der Waals surface area contributed by atoms with Crippen LogP contribution in [0, 0.1) is 0 Å². The lowest BCUT2D eigenvalue weighted by Gasteiger charge is -2.30. The Morgan fingerprint density at radius 2 is 1.79 bits per heavy atom. The molecule has 0 spiro atoms. The highest BCUT2D eigenvalue weighted by Crippen LogP contribution is 2.28. The van der Waals surface area contributed by atoms with Crippen molar-refractivity contribution in [2.75, 3.05) is 18.0 Å². The number of nitrogens with one attached hydrogen (secondary N) is 1. The Bertz CT molecular complexity index is 762. The molecule has 0 radical (unpaired) electrons. The molecule has 3 heterocycles. The first kappa shape index (κ1) is 14.8. The molecule has 2 aromatic heterocycles. The summed E-state index contributed by atoms with van der Waals surface area (Å²) in [6.45, 7) is 1.91. The average Bonchev–Trinajstić information content (AvgIpc) is 3.12. The smallest absolute Gasteiger partial charge is 0.228 e. The van der Waals surface area contributed by atoms with Crippen molar-refractivity contribution in [3.05, 3.63) is 66.0 Å². The summed E-state index contributed by atoms with van der Waals surface area (Å²) in [5.74, 6) is 1.28. The predicted molar refractivity (Wildman–Crippen MR) is 91.9 cm³/mol. The van der Waals surface area contributed by atoms with Crippen molar-refractivity contribution in [2.45, 2.75) is 25.2 Å². The number of hydrogen-bond donors (Lipinski definition) is 1. The maximum atomic E-state index is 4.55. The Hall–Kier alpha value is -2.76. The van der Waals surface area contributed by atoms with Crippen LogP contribution in [-0.2, 0) is 6.42 Å². The fourth-order valence-corrected chi connectivity index (χ4v) is 3.27. The first-order valence-corrected chi connectivity index (χ1v) is 8.33. The van der Waals surface area contributed by atoms with E-state index < -0.39 is 0 Å². The van der Waals surface area contributed by atoms with Crippen molar-refractivity contribution in [3.8, 4) is 0 Å². The lowest BCUT2D eigenvalue weighted by Crippen LogP contribution is -2.34. The topological polar surface area (TPSA) is 70.6 Å². The second-order valence-electron chi connectivity index (χ2n) is 6.18. The standard InChI is InChI=1S/C18H20N6/c1-2-4-14(5-3-1)10-16-11-17(23-22-16)15-6-8-24(9-7-15)18-20-12-19-13-21-18/h1-5,11-13,15H,6-10H2,(H,22,23). The quantitative estimate of drug-likeness (QED) is 0.800. The highest BCUT2D eigenvalue weighted by atomic mass is 15.3. The molecule has 1 aliphatic rings. The summed E-state index contributed by atoms with van der Waals surface area (Å²) >= 11 is 0. The van der Waals surface area contributed by atoms with Crippen molar-refractivity contribution in [2.24, 2.45) is 0 Å². The van der Waals surface area contributed by atoms with E-state index in [2.05, 4.69) is 60.4 Å². The molecule has 24 heavy (non-hydrogen) atoms. The summed E-state index contributed by atoms with van der Waals surface area (Å²) in [5.41, 5.74) is 3.66. The van der Waals surface area contributed by atoms with E-state index in [1.807, 2.05) is 6.07 Å². The molecule has 1 fully saturated rings. The Labute approximate surface area is 141 Å². The molecule has 1 saturated heterocycles. The average molecular weight is 320 g/mol. The van der Waals surface area contributed by atoms with E-state index in [1.165, 1.54) is 17.0 Å².